The van der Waals surface area contributed by atoms with Gasteiger partial charge in [0.15, 0.2) is 0 Å². The van der Waals surface area contributed by atoms with Crippen molar-refractivity contribution in [3.8, 4) is 34.1 Å². The summed E-state index contributed by atoms with van der Waals surface area (Å²) in [6.07, 6.45) is 11.9. The fourth-order valence-corrected chi connectivity index (χ4v) is 6.25. The van der Waals surface area contributed by atoms with Crippen molar-refractivity contribution in [3.05, 3.63) is 107 Å². The van der Waals surface area contributed by atoms with E-state index in [0.717, 1.165) is 64.0 Å². The van der Waals surface area contributed by atoms with E-state index in [2.05, 4.69) is 123 Å². The summed E-state index contributed by atoms with van der Waals surface area (Å²) in [5.41, 5.74) is 9.48. The molecule has 0 saturated heterocycles. The average molecular weight is 881 g/mol. The van der Waals surface area contributed by atoms with Crippen molar-refractivity contribution < 1.29 is 18.7 Å². The number of rotatable bonds is 13. The Morgan fingerprint density at radius 1 is 0.588 bits per heavy atom. The summed E-state index contributed by atoms with van der Waals surface area (Å²) in [5, 5.41) is 11.7. The van der Waals surface area contributed by atoms with Crippen LogP contribution in [0.2, 0.25) is 0 Å². The van der Waals surface area contributed by atoms with E-state index >= 15 is 0 Å². The van der Waals surface area contributed by atoms with Crippen LogP contribution in [-0.2, 0) is 25.7 Å². The van der Waals surface area contributed by atoms with Gasteiger partial charge in [0, 0.05) is 34.0 Å². The normalized spacial score (nSPS) is 10.8. The smallest absolute Gasteiger partial charge is 0.369 e. The van der Waals surface area contributed by atoms with Gasteiger partial charge in [-0.05, 0) is 97.2 Å². The van der Waals surface area contributed by atoms with E-state index in [1.807, 2.05) is 24.3 Å². The lowest BCUT2D eigenvalue weighted by atomic mass is 9.97. The number of aryl methyl sites for hydroxylation is 4. The van der Waals surface area contributed by atoms with Crippen LogP contribution >= 0.6 is 47.3 Å². The van der Waals surface area contributed by atoms with Crippen LogP contribution in [-0.4, -0.2) is 15.4 Å². The molecule has 0 fully saturated rings. The molecule has 0 amide bonds. The highest BCUT2D eigenvalue weighted by Gasteiger charge is 2.13. The summed E-state index contributed by atoms with van der Waals surface area (Å²) in [6, 6.07) is 28.9. The predicted molar refractivity (Wildman–Crippen MR) is 229 cm³/mol. The van der Waals surface area contributed by atoms with Crippen molar-refractivity contribution in [2.75, 3.05) is 7.11 Å². The van der Waals surface area contributed by atoms with Gasteiger partial charge in [0.2, 0.25) is 0 Å². The highest BCUT2D eigenvalue weighted by molar-refractivity contribution is 9.69. The van der Waals surface area contributed by atoms with Crippen LogP contribution < -0.4 is 4.74 Å². The molecule has 0 atom stereocenters. The first-order valence-corrected chi connectivity index (χ1v) is 20.9. The molecule has 0 unspecified atom stereocenters. The number of halogens is 3. The predicted octanol–water partition coefficient (Wildman–Crippen LogP) is 14.7. The quantitative estimate of drug-likeness (QED) is 0.0927. The van der Waals surface area contributed by atoms with Crippen molar-refractivity contribution in [2.45, 2.75) is 91.9 Å². The first-order chi connectivity index (χ1) is 24.7. The molecule has 0 aliphatic heterocycles. The zero-order valence-corrected chi connectivity index (χ0v) is 35.3. The molecule has 51 heavy (non-hydrogen) atoms. The van der Waals surface area contributed by atoms with Crippen LogP contribution in [0.4, 0.5) is 0 Å². The van der Waals surface area contributed by atoms with Crippen LogP contribution in [0.25, 0.3) is 44.6 Å². The van der Waals surface area contributed by atoms with Gasteiger partial charge in [-0.25, -0.2) is 0 Å². The van der Waals surface area contributed by atoms with E-state index in [1.165, 1.54) is 72.8 Å². The Kier molecular flexibility index (Phi) is 16.8. The molecule has 0 bridgehead atoms. The third-order valence-corrected chi connectivity index (χ3v) is 9.00. The van der Waals surface area contributed by atoms with Crippen molar-refractivity contribution >= 4 is 72.4 Å². The Morgan fingerprint density at radius 2 is 1.06 bits per heavy atom. The van der Waals surface area contributed by atoms with E-state index in [4.69, 9.17) is 13.6 Å². The zero-order chi connectivity index (χ0) is 36.8. The number of furan rings is 2. The van der Waals surface area contributed by atoms with Gasteiger partial charge in [-0.3, -0.25) is 0 Å². The lowest BCUT2D eigenvalue weighted by molar-refractivity contribution is 0.414. The number of fused-ring (bicyclic) bond motifs is 2. The molecule has 2 aromatic heterocycles. The molecule has 4 nitrogen and oxygen atoms in total. The molecular formula is C43H50BBr3O4. The lowest BCUT2D eigenvalue weighted by Crippen LogP contribution is -1.92. The minimum Gasteiger partial charge on any atom is -0.508 e. The van der Waals surface area contributed by atoms with Gasteiger partial charge in [-0.15, -0.1) is 47.3 Å². The number of hydrogen-bond donors (Lipinski definition) is 1. The van der Waals surface area contributed by atoms with E-state index < -0.39 is 0 Å². The van der Waals surface area contributed by atoms with Crippen LogP contribution in [0.15, 0.2) is 93.8 Å². The van der Waals surface area contributed by atoms with Crippen LogP contribution in [0.5, 0.6) is 11.5 Å². The molecule has 8 heteroatoms. The van der Waals surface area contributed by atoms with E-state index in [9.17, 15) is 5.11 Å². The third-order valence-electron chi connectivity index (χ3n) is 9.00. The first kappa shape index (κ1) is 40.8. The third kappa shape index (κ3) is 12.0. The Labute approximate surface area is 329 Å². The second-order valence-electron chi connectivity index (χ2n) is 12.7. The fourth-order valence-electron chi connectivity index (χ4n) is 6.25. The van der Waals surface area contributed by atoms with E-state index in [0.29, 0.717) is 0 Å². The van der Waals surface area contributed by atoms with Gasteiger partial charge in [-0.1, -0.05) is 89.8 Å². The van der Waals surface area contributed by atoms with Gasteiger partial charge in [0.1, 0.15) is 34.2 Å². The topological polar surface area (TPSA) is 55.7 Å². The van der Waals surface area contributed by atoms with Crippen LogP contribution in [0, 0.1) is 0 Å². The molecule has 0 radical (unpaired) electrons. The number of phenolic OH excluding ortho intramolecular Hbond substituents is 1. The van der Waals surface area contributed by atoms with E-state index in [1.54, 1.807) is 19.2 Å². The molecular weight excluding hydrogens is 831 g/mol. The molecule has 2 heterocycles. The standard InChI is InChI=1S/C22H26O2.C21H24O2.BBr3/c1-4-6-7-8-16-9-12-20(17(5-2)13-16)22-14-18-10-11-19(23-3)15-21(18)24-22;1-3-5-6-7-15-8-11-19(16(4-2)12-15)21-13-17-9-10-18(22)14-20(17)23-21;2-1(3)4/h9-15H,4-8H2,1-3H3;8-14,22H,3-7H2,1-2H3;. The number of unbranched alkanes of at least 4 members (excludes halogenated alkanes) is 4. The van der Waals surface area contributed by atoms with E-state index in [-0.39, 0.29) is 8.93 Å². The van der Waals surface area contributed by atoms with Gasteiger partial charge in [0.05, 0.1) is 7.11 Å². The van der Waals surface area contributed by atoms with Crippen molar-refractivity contribution in [3.63, 3.8) is 0 Å². The highest BCUT2D eigenvalue weighted by Crippen LogP contribution is 2.34. The summed E-state index contributed by atoms with van der Waals surface area (Å²) in [7, 11) is 1.68. The summed E-state index contributed by atoms with van der Waals surface area (Å²) >= 11 is 9.31. The summed E-state index contributed by atoms with van der Waals surface area (Å²) in [5.74, 6) is 2.88. The maximum absolute atomic E-state index is 9.59. The highest BCUT2D eigenvalue weighted by atomic mass is 79.9. The minimum absolute atomic E-state index is 0.236. The number of aromatic hydroxyl groups is 1. The van der Waals surface area contributed by atoms with Gasteiger partial charge >= 0.3 is 3.18 Å². The Bertz CT molecular complexity index is 1960. The largest absolute Gasteiger partial charge is 0.508 e. The molecule has 4 aromatic carbocycles. The second kappa shape index (κ2) is 20.9. The molecule has 1 N–H and O–H groups in total. The Hall–Kier alpha value is -2.94. The van der Waals surface area contributed by atoms with Crippen molar-refractivity contribution in [1.29, 1.82) is 0 Å². The number of methoxy groups -OCH3 is 1. The molecule has 6 aromatic rings. The molecule has 0 aliphatic carbocycles. The number of hydrogen-bond acceptors (Lipinski definition) is 4. The molecule has 270 valence electrons. The van der Waals surface area contributed by atoms with Crippen LogP contribution in [0.1, 0.15) is 88.5 Å². The summed E-state index contributed by atoms with van der Waals surface area (Å²) < 4.78 is 17.6. The number of benzene rings is 4. The Balaban J connectivity index is 0.000000207. The molecule has 0 spiro atoms. The maximum Gasteiger partial charge on any atom is 0.369 e. The number of phenols is 1. The van der Waals surface area contributed by atoms with Crippen LogP contribution in [0.3, 0.4) is 0 Å². The zero-order valence-electron chi connectivity index (χ0n) is 30.5. The second-order valence-corrected chi connectivity index (χ2v) is 19.1. The summed E-state index contributed by atoms with van der Waals surface area (Å²) in [4.78, 5) is 0. The number of ether oxygens (including phenoxy) is 1. The molecule has 0 saturated carbocycles. The summed E-state index contributed by atoms with van der Waals surface area (Å²) in [6.45, 7) is 8.88. The van der Waals surface area contributed by atoms with Crippen molar-refractivity contribution in [1.82, 2.24) is 0 Å². The monoisotopic (exact) mass is 878 g/mol. The van der Waals surface area contributed by atoms with Gasteiger partial charge < -0.3 is 18.7 Å². The average Bonchev–Trinajstić information content (AvgIpc) is 3.75. The van der Waals surface area contributed by atoms with Gasteiger partial charge in [0.25, 0.3) is 0 Å². The molecule has 6 rings (SSSR count). The SMILES string of the molecule is BrB(Br)Br.CCCCCc1ccc(-c2cc3ccc(O)cc3o2)c(CC)c1.CCCCCc1ccc(-c2cc3ccc(OC)cc3o2)c(CC)c1. The minimum atomic E-state index is 0.236. The lowest BCUT2D eigenvalue weighted by Gasteiger charge is -2.09. The fraction of sp³-hybridized carbons (Fsp3) is 0.349. The molecule has 0 aliphatic rings. The Morgan fingerprint density at radius 3 is 1.51 bits per heavy atom. The van der Waals surface area contributed by atoms with Crippen molar-refractivity contribution in [2.24, 2.45) is 0 Å². The maximum atomic E-state index is 9.59. The van der Waals surface area contributed by atoms with Gasteiger partial charge in [-0.2, -0.15) is 0 Å². The first-order valence-electron chi connectivity index (χ1n) is 18.2.